The van der Waals surface area contributed by atoms with Gasteiger partial charge in [-0.3, -0.25) is 4.79 Å². The predicted molar refractivity (Wildman–Crippen MR) is 38.6 cm³/mol. The third-order valence-electron chi connectivity index (χ3n) is 1.68. The van der Waals surface area contributed by atoms with Crippen molar-refractivity contribution >= 4 is 5.78 Å². The lowest BCUT2D eigenvalue weighted by Gasteiger charge is -2.27. The zero-order valence-electron chi connectivity index (χ0n) is 7.34. The summed E-state index contributed by atoms with van der Waals surface area (Å²) in [6, 6.07) is 0. The fourth-order valence-electron chi connectivity index (χ4n) is 1.04. The van der Waals surface area contributed by atoms with Gasteiger partial charge < -0.3 is 28.4 Å². The summed E-state index contributed by atoms with van der Waals surface area (Å²) in [4.78, 5) is 11.5. The maximum absolute atomic E-state index is 11.5. The van der Waals surface area contributed by atoms with E-state index in [0.717, 1.165) is 0 Å². The van der Waals surface area contributed by atoms with Crippen molar-refractivity contribution < 1.29 is 33.2 Å². The summed E-state index contributed by atoms with van der Waals surface area (Å²) in [7, 11) is 0. The van der Waals surface area contributed by atoms with E-state index in [1.54, 1.807) is 0 Å². The molecule has 2 rings (SSSR count). The Balaban J connectivity index is 1.85. The van der Waals surface area contributed by atoms with Crippen LogP contribution in [0.2, 0.25) is 0 Å². The summed E-state index contributed by atoms with van der Waals surface area (Å²) in [5, 5.41) is 0. The molecule has 0 aliphatic carbocycles. The largest absolute Gasteiger partial charge is 0.329 e. The van der Waals surface area contributed by atoms with Gasteiger partial charge in [0.25, 0.3) is 0 Å². The van der Waals surface area contributed by atoms with E-state index in [1.165, 1.54) is 0 Å². The van der Waals surface area contributed by atoms with Crippen molar-refractivity contribution in [1.29, 1.82) is 0 Å². The first-order valence-corrected chi connectivity index (χ1v) is 4.03. The van der Waals surface area contributed by atoms with Crippen LogP contribution in [0, 0.1) is 0 Å². The minimum absolute atomic E-state index is 0.0274. The van der Waals surface area contributed by atoms with E-state index < -0.39 is 18.4 Å². The van der Waals surface area contributed by atoms with Crippen molar-refractivity contribution in [3.63, 3.8) is 0 Å². The maximum atomic E-state index is 11.5. The van der Waals surface area contributed by atoms with Crippen LogP contribution in [0.3, 0.4) is 0 Å². The molecule has 7 heteroatoms. The normalized spacial score (nSPS) is 26.3. The van der Waals surface area contributed by atoms with E-state index in [0.29, 0.717) is 0 Å². The van der Waals surface area contributed by atoms with Crippen molar-refractivity contribution in [1.82, 2.24) is 0 Å². The van der Waals surface area contributed by atoms with Crippen LogP contribution in [-0.4, -0.2) is 45.5 Å². The van der Waals surface area contributed by atoms with Crippen molar-refractivity contribution in [3.8, 4) is 0 Å². The summed E-state index contributed by atoms with van der Waals surface area (Å²) in [6.07, 6.45) is -1.96. The van der Waals surface area contributed by atoms with Gasteiger partial charge in [-0.1, -0.05) is 0 Å². The second-order valence-corrected chi connectivity index (χ2v) is 2.61. The third-order valence-corrected chi connectivity index (χ3v) is 1.68. The second kappa shape index (κ2) is 4.78. The lowest BCUT2D eigenvalue weighted by molar-refractivity contribution is -0.317. The van der Waals surface area contributed by atoms with Crippen LogP contribution < -0.4 is 0 Å². The molecular formula is C7H10O7. The summed E-state index contributed by atoms with van der Waals surface area (Å²) < 4.78 is 29.1. The van der Waals surface area contributed by atoms with Gasteiger partial charge in [0.1, 0.15) is 0 Å². The van der Waals surface area contributed by atoms with Crippen molar-refractivity contribution in [3.05, 3.63) is 0 Å². The highest BCUT2D eigenvalue weighted by Crippen LogP contribution is 2.11. The Morgan fingerprint density at radius 3 is 1.50 bits per heavy atom. The standard InChI is InChI=1S/C7H10O7/c8-5(6-11-1-9-2-12-6)7-13-3-10-4-14-7/h6-7H,1-4H2. The van der Waals surface area contributed by atoms with Gasteiger partial charge in [0.15, 0.2) is 27.2 Å². The molecule has 0 aromatic heterocycles. The van der Waals surface area contributed by atoms with Crippen LogP contribution in [0.15, 0.2) is 0 Å². The average molecular weight is 206 g/mol. The minimum Gasteiger partial charge on any atom is -0.329 e. The van der Waals surface area contributed by atoms with Crippen molar-refractivity contribution in [2.24, 2.45) is 0 Å². The Labute approximate surface area is 79.8 Å². The van der Waals surface area contributed by atoms with E-state index >= 15 is 0 Å². The molecule has 0 saturated carbocycles. The number of carbonyl (C=O) groups is 1. The Morgan fingerprint density at radius 2 is 1.14 bits per heavy atom. The SMILES string of the molecule is O=C(C1OCOCO1)C1OCOCO1. The smallest absolute Gasteiger partial charge is 0.244 e. The molecule has 0 radical (unpaired) electrons. The predicted octanol–water partition coefficient (Wildman–Crippen LogP) is -0.836. The van der Waals surface area contributed by atoms with E-state index in [2.05, 4.69) is 0 Å². The first-order valence-electron chi connectivity index (χ1n) is 4.03. The molecule has 2 aliphatic rings. The van der Waals surface area contributed by atoms with Crippen LogP contribution in [0.1, 0.15) is 0 Å². The first kappa shape index (κ1) is 9.97. The van der Waals surface area contributed by atoms with Gasteiger partial charge in [-0.15, -0.1) is 0 Å². The fraction of sp³-hybridized carbons (Fsp3) is 0.857. The van der Waals surface area contributed by atoms with Crippen LogP contribution in [0.25, 0.3) is 0 Å². The fourth-order valence-corrected chi connectivity index (χ4v) is 1.04. The molecule has 0 N–H and O–H groups in total. The molecule has 7 nitrogen and oxygen atoms in total. The molecule has 0 unspecified atom stereocenters. The number of rotatable bonds is 2. The number of carbonyl (C=O) groups excluding carboxylic acids is 1. The molecule has 0 spiro atoms. The molecule has 0 aromatic rings. The summed E-state index contributed by atoms with van der Waals surface area (Å²) >= 11 is 0. The van der Waals surface area contributed by atoms with Gasteiger partial charge in [-0.25, -0.2) is 0 Å². The molecule has 2 fully saturated rings. The maximum Gasteiger partial charge on any atom is 0.244 e. The first-order chi connectivity index (χ1) is 6.88. The van der Waals surface area contributed by atoms with E-state index in [9.17, 15) is 4.79 Å². The number of ketones is 1. The Kier molecular flexibility index (Phi) is 3.40. The highest BCUT2D eigenvalue weighted by atomic mass is 16.9. The zero-order valence-corrected chi connectivity index (χ0v) is 7.34. The Bertz CT molecular complexity index is 174. The minimum atomic E-state index is -0.980. The van der Waals surface area contributed by atoms with Gasteiger partial charge in [0.2, 0.25) is 18.4 Å². The molecule has 2 aliphatic heterocycles. The quantitative estimate of drug-likeness (QED) is 0.583. The van der Waals surface area contributed by atoms with Crippen LogP contribution in [0.5, 0.6) is 0 Å². The van der Waals surface area contributed by atoms with Gasteiger partial charge in [-0.2, -0.15) is 0 Å². The Morgan fingerprint density at radius 1 is 0.786 bits per heavy atom. The number of Topliss-reactive ketones (excluding diaryl/α,β-unsaturated/α-hetero) is 1. The van der Waals surface area contributed by atoms with Gasteiger partial charge >= 0.3 is 0 Å². The van der Waals surface area contributed by atoms with Crippen LogP contribution in [-0.2, 0) is 33.2 Å². The molecule has 0 amide bonds. The second-order valence-electron chi connectivity index (χ2n) is 2.61. The van der Waals surface area contributed by atoms with Gasteiger partial charge in [-0.05, 0) is 0 Å². The summed E-state index contributed by atoms with van der Waals surface area (Å²) in [5.41, 5.74) is 0. The van der Waals surface area contributed by atoms with Crippen molar-refractivity contribution in [2.75, 3.05) is 27.2 Å². The highest BCUT2D eigenvalue weighted by molar-refractivity contribution is 5.85. The topological polar surface area (TPSA) is 72.5 Å². The van der Waals surface area contributed by atoms with Gasteiger partial charge in [0, 0.05) is 0 Å². The van der Waals surface area contributed by atoms with Gasteiger partial charge in [0.05, 0.1) is 0 Å². The van der Waals surface area contributed by atoms with Crippen molar-refractivity contribution in [2.45, 2.75) is 12.6 Å². The molecular weight excluding hydrogens is 196 g/mol. The Hall–Kier alpha value is -0.570. The van der Waals surface area contributed by atoms with Crippen LogP contribution >= 0.6 is 0 Å². The molecule has 0 atom stereocenters. The summed E-state index contributed by atoms with van der Waals surface area (Å²) in [5.74, 6) is -0.420. The lowest BCUT2D eigenvalue weighted by Crippen LogP contribution is -2.44. The average Bonchev–Trinajstić information content (AvgIpc) is 2.30. The van der Waals surface area contributed by atoms with E-state index in [4.69, 9.17) is 28.4 Å². The van der Waals surface area contributed by atoms with Crippen LogP contribution in [0.4, 0.5) is 0 Å². The molecule has 0 aromatic carbocycles. The number of ether oxygens (including phenoxy) is 6. The number of hydrogen-bond acceptors (Lipinski definition) is 7. The highest BCUT2D eigenvalue weighted by Gasteiger charge is 2.33. The number of hydrogen-bond donors (Lipinski definition) is 0. The molecule has 14 heavy (non-hydrogen) atoms. The van der Waals surface area contributed by atoms with E-state index in [1.807, 2.05) is 0 Å². The lowest BCUT2D eigenvalue weighted by atomic mass is 10.3. The molecule has 2 saturated heterocycles. The molecule has 80 valence electrons. The summed E-state index contributed by atoms with van der Waals surface area (Å²) in [6.45, 7) is 0.110. The molecule has 2 heterocycles. The monoisotopic (exact) mass is 206 g/mol. The molecule has 0 bridgehead atoms. The third kappa shape index (κ3) is 2.27. The van der Waals surface area contributed by atoms with E-state index in [-0.39, 0.29) is 27.2 Å². The zero-order chi connectivity index (χ0) is 9.80.